The van der Waals surface area contributed by atoms with E-state index in [0.29, 0.717) is 22.2 Å². The van der Waals surface area contributed by atoms with E-state index in [-0.39, 0.29) is 11.4 Å². The second-order valence-electron chi connectivity index (χ2n) is 7.19. The van der Waals surface area contributed by atoms with Gasteiger partial charge in [0.2, 0.25) is 5.88 Å². The fourth-order valence-corrected chi connectivity index (χ4v) is 3.26. The van der Waals surface area contributed by atoms with Crippen molar-refractivity contribution in [1.29, 1.82) is 0 Å². The molecule has 0 fully saturated rings. The molecule has 0 radical (unpaired) electrons. The van der Waals surface area contributed by atoms with E-state index < -0.39 is 17.7 Å². The predicted molar refractivity (Wildman–Crippen MR) is 113 cm³/mol. The van der Waals surface area contributed by atoms with Crippen LogP contribution in [0.4, 0.5) is 4.79 Å². The highest BCUT2D eigenvalue weighted by Gasteiger charge is 2.27. The van der Waals surface area contributed by atoms with Crippen molar-refractivity contribution < 1.29 is 23.8 Å². The summed E-state index contributed by atoms with van der Waals surface area (Å²) in [5.74, 6) is -0.467. The van der Waals surface area contributed by atoms with Crippen LogP contribution in [0.5, 0.6) is 11.6 Å². The van der Waals surface area contributed by atoms with Gasteiger partial charge in [-0.1, -0.05) is 52.3 Å². The number of carbonyl (C=O) groups is 2. The van der Waals surface area contributed by atoms with Gasteiger partial charge in [-0.3, -0.25) is 0 Å². The lowest BCUT2D eigenvalue weighted by molar-refractivity contribution is 0.0195. The molecule has 0 N–H and O–H groups in total. The standard InChI is InChI=1S/C22H20BrNO5/c1-22(2,3)29-21(26)28-19-18(20(25)27-14-9-5-4-6-10-14)16(13-23)15-11-7-8-12-17(15)24-19/h4-12H,13H2,1-3H3. The molecule has 0 aliphatic rings. The molecule has 1 heterocycles. The summed E-state index contributed by atoms with van der Waals surface area (Å²) in [5, 5.41) is 1.08. The van der Waals surface area contributed by atoms with Gasteiger partial charge in [-0.05, 0) is 44.5 Å². The largest absolute Gasteiger partial charge is 0.515 e. The van der Waals surface area contributed by atoms with Crippen LogP contribution in [0.3, 0.4) is 0 Å². The summed E-state index contributed by atoms with van der Waals surface area (Å²) in [5.41, 5.74) is 0.499. The second kappa shape index (κ2) is 8.61. The van der Waals surface area contributed by atoms with Gasteiger partial charge >= 0.3 is 12.1 Å². The molecule has 0 amide bonds. The molecule has 7 heteroatoms. The molecular weight excluding hydrogens is 438 g/mol. The van der Waals surface area contributed by atoms with Crippen molar-refractivity contribution in [3.63, 3.8) is 0 Å². The van der Waals surface area contributed by atoms with Gasteiger partial charge in [0.15, 0.2) is 0 Å². The molecule has 3 rings (SSSR count). The first-order valence-corrected chi connectivity index (χ1v) is 10.1. The number of alkyl halides is 1. The Morgan fingerprint density at radius 2 is 1.62 bits per heavy atom. The number of hydrogen-bond acceptors (Lipinski definition) is 6. The molecule has 0 unspecified atom stereocenters. The molecule has 0 bridgehead atoms. The van der Waals surface area contributed by atoms with E-state index in [4.69, 9.17) is 14.2 Å². The monoisotopic (exact) mass is 457 g/mol. The molecule has 0 spiro atoms. The van der Waals surface area contributed by atoms with Crippen LogP contribution in [-0.4, -0.2) is 22.7 Å². The Morgan fingerprint density at radius 3 is 2.28 bits per heavy atom. The van der Waals surface area contributed by atoms with Crippen molar-refractivity contribution in [1.82, 2.24) is 4.98 Å². The highest BCUT2D eigenvalue weighted by atomic mass is 79.9. The van der Waals surface area contributed by atoms with Gasteiger partial charge < -0.3 is 14.2 Å². The van der Waals surface area contributed by atoms with E-state index in [1.807, 2.05) is 24.3 Å². The molecular formula is C22H20BrNO5. The normalized spacial score (nSPS) is 11.2. The van der Waals surface area contributed by atoms with E-state index in [2.05, 4.69) is 20.9 Å². The molecule has 1 aromatic heterocycles. The first-order valence-electron chi connectivity index (χ1n) is 8.94. The topological polar surface area (TPSA) is 74.7 Å². The van der Waals surface area contributed by atoms with Crippen LogP contribution in [0.25, 0.3) is 10.9 Å². The third-order valence-corrected chi connectivity index (χ3v) is 4.39. The van der Waals surface area contributed by atoms with E-state index in [9.17, 15) is 9.59 Å². The summed E-state index contributed by atoms with van der Waals surface area (Å²) in [7, 11) is 0. The highest BCUT2D eigenvalue weighted by molar-refractivity contribution is 9.08. The van der Waals surface area contributed by atoms with Crippen molar-refractivity contribution in [2.75, 3.05) is 0 Å². The number of benzene rings is 2. The third kappa shape index (κ3) is 5.12. The molecule has 29 heavy (non-hydrogen) atoms. The SMILES string of the molecule is CC(C)(C)OC(=O)Oc1nc2ccccc2c(CBr)c1C(=O)Oc1ccccc1. The number of esters is 1. The van der Waals surface area contributed by atoms with Crippen LogP contribution < -0.4 is 9.47 Å². The van der Waals surface area contributed by atoms with Crippen molar-refractivity contribution in [2.24, 2.45) is 0 Å². The number of rotatable bonds is 4. The van der Waals surface area contributed by atoms with Crippen LogP contribution in [0, 0.1) is 0 Å². The minimum absolute atomic E-state index is 0.0651. The minimum Gasteiger partial charge on any atom is -0.428 e. The number of hydrogen-bond donors (Lipinski definition) is 0. The molecule has 0 saturated carbocycles. The van der Waals surface area contributed by atoms with Crippen LogP contribution >= 0.6 is 15.9 Å². The van der Waals surface area contributed by atoms with Gasteiger partial charge in [-0.15, -0.1) is 0 Å². The zero-order valence-electron chi connectivity index (χ0n) is 16.3. The summed E-state index contributed by atoms with van der Waals surface area (Å²) >= 11 is 3.43. The second-order valence-corrected chi connectivity index (χ2v) is 7.75. The van der Waals surface area contributed by atoms with Gasteiger partial charge in [0.05, 0.1) is 5.52 Å². The van der Waals surface area contributed by atoms with Crippen molar-refractivity contribution in [2.45, 2.75) is 31.7 Å². The van der Waals surface area contributed by atoms with Gasteiger partial charge in [0, 0.05) is 10.7 Å². The van der Waals surface area contributed by atoms with Gasteiger partial charge in [0.25, 0.3) is 0 Å². The number of ether oxygens (including phenoxy) is 3. The molecule has 0 aliphatic carbocycles. The Bertz CT molecular complexity index is 1040. The Morgan fingerprint density at radius 1 is 0.966 bits per heavy atom. The molecule has 2 aromatic carbocycles. The summed E-state index contributed by atoms with van der Waals surface area (Å²) in [6.45, 7) is 5.16. The minimum atomic E-state index is -0.949. The van der Waals surface area contributed by atoms with E-state index in [1.165, 1.54) is 0 Å². The molecule has 6 nitrogen and oxygen atoms in total. The average molecular weight is 458 g/mol. The number of pyridine rings is 1. The summed E-state index contributed by atoms with van der Waals surface area (Å²) in [4.78, 5) is 29.6. The van der Waals surface area contributed by atoms with Gasteiger partial charge in [0.1, 0.15) is 16.9 Å². The smallest absolute Gasteiger partial charge is 0.428 e. The maximum Gasteiger partial charge on any atom is 0.515 e. The third-order valence-electron chi connectivity index (χ3n) is 3.83. The zero-order chi connectivity index (χ0) is 21.0. The van der Waals surface area contributed by atoms with Crippen molar-refractivity contribution in [3.8, 4) is 11.6 Å². The van der Waals surface area contributed by atoms with Crippen LogP contribution in [0.15, 0.2) is 54.6 Å². The fraction of sp³-hybridized carbons (Fsp3) is 0.227. The summed E-state index contributed by atoms with van der Waals surface area (Å²) < 4.78 is 16.0. The van der Waals surface area contributed by atoms with E-state index in [0.717, 1.165) is 5.39 Å². The summed E-state index contributed by atoms with van der Waals surface area (Å²) in [6.07, 6.45) is -0.949. The van der Waals surface area contributed by atoms with Crippen LogP contribution in [0.1, 0.15) is 36.7 Å². The Kier molecular flexibility index (Phi) is 6.17. The maximum absolute atomic E-state index is 13.0. The number of aromatic nitrogens is 1. The van der Waals surface area contributed by atoms with Gasteiger partial charge in [-0.25, -0.2) is 14.6 Å². The first-order chi connectivity index (χ1) is 13.8. The van der Waals surface area contributed by atoms with Crippen LogP contribution in [0.2, 0.25) is 0 Å². The zero-order valence-corrected chi connectivity index (χ0v) is 17.9. The number of nitrogens with zero attached hydrogens (tertiary/aromatic N) is 1. The van der Waals surface area contributed by atoms with E-state index >= 15 is 0 Å². The first kappa shape index (κ1) is 20.8. The Balaban J connectivity index is 2.08. The lowest BCUT2D eigenvalue weighted by Gasteiger charge is -2.20. The number of halogens is 1. The number of para-hydroxylation sites is 2. The van der Waals surface area contributed by atoms with E-state index in [1.54, 1.807) is 51.1 Å². The maximum atomic E-state index is 13.0. The molecule has 150 valence electrons. The Labute approximate surface area is 176 Å². The average Bonchev–Trinajstić information content (AvgIpc) is 2.66. The predicted octanol–water partition coefficient (Wildman–Crippen LogP) is 5.66. The molecule has 3 aromatic rings. The number of carbonyl (C=O) groups excluding carboxylic acids is 2. The van der Waals surface area contributed by atoms with Crippen molar-refractivity contribution >= 4 is 39.0 Å². The quantitative estimate of drug-likeness (QED) is 0.285. The van der Waals surface area contributed by atoms with Gasteiger partial charge in [-0.2, -0.15) is 0 Å². The Hall–Kier alpha value is -2.93. The van der Waals surface area contributed by atoms with Crippen LogP contribution in [-0.2, 0) is 10.1 Å². The lowest BCUT2D eigenvalue weighted by Crippen LogP contribution is -2.27. The molecule has 0 saturated heterocycles. The lowest BCUT2D eigenvalue weighted by atomic mass is 10.0. The summed E-state index contributed by atoms with van der Waals surface area (Å²) in [6, 6.07) is 15.9. The fourth-order valence-electron chi connectivity index (χ4n) is 2.67. The number of fused-ring (bicyclic) bond motifs is 1. The molecule has 0 aliphatic heterocycles. The highest BCUT2D eigenvalue weighted by Crippen LogP contribution is 2.31. The molecule has 0 atom stereocenters. The van der Waals surface area contributed by atoms with Crippen molar-refractivity contribution in [3.05, 3.63) is 65.7 Å².